The number of aryl methyl sites for hydroxylation is 1. The van der Waals surface area contributed by atoms with Gasteiger partial charge in [-0.05, 0) is 73.2 Å². The van der Waals surface area contributed by atoms with Crippen LogP contribution in [0.2, 0.25) is 0 Å². The third-order valence-electron chi connectivity index (χ3n) is 4.22. The Morgan fingerprint density at radius 2 is 1.90 bits per heavy atom. The molecule has 0 spiro atoms. The highest BCUT2D eigenvalue weighted by Gasteiger charge is 2.11. The van der Waals surface area contributed by atoms with Crippen LogP contribution in [-0.2, 0) is 0 Å². The SMILES string of the molecule is Cc1ccc2oc(-c3cccc(NC(=S)NC(=O)c4cccc(F)c4)c3)nc2c1. The number of nitrogens with zero attached hydrogens (tertiary/aromatic N) is 1. The molecule has 0 aliphatic rings. The predicted molar refractivity (Wildman–Crippen MR) is 114 cm³/mol. The molecule has 7 heteroatoms. The first kappa shape index (κ1) is 18.8. The van der Waals surface area contributed by atoms with E-state index in [1.807, 2.05) is 43.3 Å². The number of halogens is 1. The van der Waals surface area contributed by atoms with Crippen molar-refractivity contribution in [1.29, 1.82) is 0 Å². The van der Waals surface area contributed by atoms with Crippen molar-refractivity contribution in [2.45, 2.75) is 6.92 Å². The van der Waals surface area contributed by atoms with Gasteiger partial charge in [-0.25, -0.2) is 9.37 Å². The van der Waals surface area contributed by atoms with Crippen LogP contribution in [0.15, 0.2) is 71.1 Å². The van der Waals surface area contributed by atoms with Gasteiger partial charge in [-0.1, -0.05) is 18.2 Å². The van der Waals surface area contributed by atoms with Gasteiger partial charge in [-0.15, -0.1) is 0 Å². The Morgan fingerprint density at radius 3 is 2.72 bits per heavy atom. The number of amides is 1. The standard InChI is InChI=1S/C22H16FN3O2S/c1-13-8-9-19-18(10-13)25-21(28-19)15-5-3-7-17(12-15)24-22(29)26-20(27)14-4-2-6-16(23)11-14/h2-12H,1H3,(H2,24,26,27,29). The van der Waals surface area contributed by atoms with Crippen LogP contribution < -0.4 is 10.6 Å². The second-order valence-electron chi connectivity index (χ2n) is 6.49. The molecular weight excluding hydrogens is 389 g/mol. The molecule has 1 aromatic heterocycles. The zero-order valence-corrected chi connectivity index (χ0v) is 16.2. The molecular formula is C22H16FN3O2S. The molecule has 0 atom stereocenters. The molecule has 2 N–H and O–H groups in total. The molecule has 0 aliphatic carbocycles. The monoisotopic (exact) mass is 405 g/mol. The van der Waals surface area contributed by atoms with Crippen molar-refractivity contribution in [3.63, 3.8) is 0 Å². The molecule has 0 fully saturated rings. The fourth-order valence-corrected chi connectivity index (χ4v) is 3.07. The van der Waals surface area contributed by atoms with E-state index in [2.05, 4.69) is 15.6 Å². The summed E-state index contributed by atoms with van der Waals surface area (Å²) in [6.07, 6.45) is 0. The summed E-state index contributed by atoms with van der Waals surface area (Å²) in [5.41, 5.74) is 4.21. The summed E-state index contributed by atoms with van der Waals surface area (Å²) < 4.78 is 19.1. The quantitative estimate of drug-likeness (QED) is 0.466. The number of aromatic nitrogens is 1. The fraction of sp³-hybridized carbons (Fsp3) is 0.0455. The van der Waals surface area contributed by atoms with Crippen molar-refractivity contribution in [3.05, 3.63) is 83.7 Å². The average Bonchev–Trinajstić information content (AvgIpc) is 3.11. The molecule has 3 aromatic carbocycles. The number of rotatable bonds is 3. The van der Waals surface area contributed by atoms with Crippen LogP contribution in [0.5, 0.6) is 0 Å². The van der Waals surface area contributed by atoms with E-state index < -0.39 is 11.7 Å². The highest BCUT2D eigenvalue weighted by Crippen LogP contribution is 2.26. The Hall–Kier alpha value is -3.58. The number of hydrogen-bond acceptors (Lipinski definition) is 4. The van der Waals surface area contributed by atoms with E-state index in [1.54, 1.807) is 6.07 Å². The second-order valence-corrected chi connectivity index (χ2v) is 6.90. The Bertz CT molecular complexity index is 1240. The minimum Gasteiger partial charge on any atom is -0.436 e. The average molecular weight is 405 g/mol. The van der Waals surface area contributed by atoms with Crippen LogP contribution in [0, 0.1) is 12.7 Å². The lowest BCUT2D eigenvalue weighted by atomic mass is 10.2. The van der Waals surface area contributed by atoms with Crippen LogP contribution in [0.4, 0.5) is 10.1 Å². The van der Waals surface area contributed by atoms with Gasteiger partial charge in [0.15, 0.2) is 10.7 Å². The highest BCUT2D eigenvalue weighted by molar-refractivity contribution is 7.80. The number of nitrogens with one attached hydrogen (secondary N) is 2. The Morgan fingerprint density at radius 1 is 1.07 bits per heavy atom. The summed E-state index contributed by atoms with van der Waals surface area (Å²) in [6, 6.07) is 18.5. The van der Waals surface area contributed by atoms with E-state index in [-0.39, 0.29) is 10.7 Å². The summed E-state index contributed by atoms with van der Waals surface area (Å²) in [5, 5.41) is 5.58. The number of carbonyl (C=O) groups is 1. The number of thiocarbonyl (C=S) groups is 1. The normalized spacial score (nSPS) is 10.7. The Labute approximate surface area is 171 Å². The third kappa shape index (κ3) is 4.30. The van der Waals surface area contributed by atoms with Crippen LogP contribution in [-0.4, -0.2) is 16.0 Å². The lowest BCUT2D eigenvalue weighted by Gasteiger charge is -2.10. The van der Waals surface area contributed by atoms with Crippen LogP contribution in [0.25, 0.3) is 22.6 Å². The number of anilines is 1. The third-order valence-corrected chi connectivity index (χ3v) is 4.43. The van der Waals surface area contributed by atoms with Gasteiger partial charge in [0.1, 0.15) is 11.3 Å². The fourth-order valence-electron chi connectivity index (χ4n) is 2.86. The van der Waals surface area contributed by atoms with Crippen molar-refractivity contribution in [1.82, 2.24) is 10.3 Å². The van der Waals surface area contributed by atoms with E-state index in [1.165, 1.54) is 18.2 Å². The minimum atomic E-state index is -0.493. The zero-order chi connectivity index (χ0) is 20.4. The summed E-state index contributed by atoms with van der Waals surface area (Å²) in [7, 11) is 0. The number of fused-ring (bicyclic) bond motifs is 1. The van der Waals surface area contributed by atoms with Gasteiger partial charge in [0, 0.05) is 16.8 Å². The van der Waals surface area contributed by atoms with Crippen molar-refractivity contribution >= 4 is 40.0 Å². The van der Waals surface area contributed by atoms with Crippen molar-refractivity contribution in [2.24, 2.45) is 0 Å². The number of oxazole rings is 1. The van der Waals surface area contributed by atoms with Crippen LogP contribution in [0.1, 0.15) is 15.9 Å². The Balaban J connectivity index is 1.49. The summed E-state index contributed by atoms with van der Waals surface area (Å²) in [4.78, 5) is 16.7. The van der Waals surface area contributed by atoms with Gasteiger partial charge < -0.3 is 9.73 Å². The van der Waals surface area contributed by atoms with Gasteiger partial charge >= 0.3 is 0 Å². The smallest absolute Gasteiger partial charge is 0.257 e. The maximum Gasteiger partial charge on any atom is 0.257 e. The van der Waals surface area contributed by atoms with Crippen LogP contribution >= 0.6 is 12.2 Å². The van der Waals surface area contributed by atoms with Crippen LogP contribution in [0.3, 0.4) is 0 Å². The van der Waals surface area contributed by atoms with E-state index in [0.29, 0.717) is 17.2 Å². The van der Waals surface area contributed by atoms with Gasteiger partial charge in [-0.3, -0.25) is 10.1 Å². The molecule has 0 unspecified atom stereocenters. The largest absolute Gasteiger partial charge is 0.436 e. The molecule has 0 saturated carbocycles. The molecule has 5 nitrogen and oxygen atoms in total. The maximum absolute atomic E-state index is 13.3. The molecule has 144 valence electrons. The van der Waals surface area contributed by atoms with Gasteiger partial charge in [-0.2, -0.15) is 0 Å². The topological polar surface area (TPSA) is 67.2 Å². The van der Waals surface area contributed by atoms with Crippen molar-refractivity contribution < 1.29 is 13.6 Å². The number of benzene rings is 3. The van der Waals surface area contributed by atoms with Gasteiger partial charge in [0.2, 0.25) is 5.89 Å². The summed E-state index contributed by atoms with van der Waals surface area (Å²) in [5.74, 6) is -0.491. The Kier molecular flexibility index (Phi) is 5.05. The first-order valence-corrected chi connectivity index (χ1v) is 9.24. The van der Waals surface area contributed by atoms with Gasteiger partial charge in [0.05, 0.1) is 0 Å². The molecule has 1 heterocycles. The first-order valence-electron chi connectivity index (χ1n) is 8.83. The highest BCUT2D eigenvalue weighted by atomic mass is 32.1. The predicted octanol–water partition coefficient (Wildman–Crippen LogP) is 5.07. The molecule has 29 heavy (non-hydrogen) atoms. The van der Waals surface area contributed by atoms with Gasteiger partial charge in [0.25, 0.3) is 5.91 Å². The van der Waals surface area contributed by atoms with E-state index in [9.17, 15) is 9.18 Å². The second kappa shape index (κ2) is 7.81. The molecule has 0 saturated heterocycles. The molecule has 0 bridgehead atoms. The molecule has 0 radical (unpaired) electrons. The molecule has 4 aromatic rings. The first-order chi connectivity index (χ1) is 14.0. The maximum atomic E-state index is 13.3. The summed E-state index contributed by atoms with van der Waals surface area (Å²) >= 11 is 5.20. The minimum absolute atomic E-state index is 0.101. The van der Waals surface area contributed by atoms with E-state index >= 15 is 0 Å². The number of carbonyl (C=O) groups excluding carboxylic acids is 1. The number of hydrogen-bond donors (Lipinski definition) is 2. The lowest BCUT2D eigenvalue weighted by Crippen LogP contribution is -2.34. The molecule has 1 amide bonds. The molecule has 4 rings (SSSR count). The summed E-state index contributed by atoms with van der Waals surface area (Å²) in [6.45, 7) is 2.00. The van der Waals surface area contributed by atoms with E-state index in [0.717, 1.165) is 22.7 Å². The van der Waals surface area contributed by atoms with Crippen molar-refractivity contribution in [2.75, 3.05) is 5.32 Å². The molecule has 0 aliphatic heterocycles. The van der Waals surface area contributed by atoms with Crippen molar-refractivity contribution in [3.8, 4) is 11.5 Å². The lowest BCUT2D eigenvalue weighted by molar-refractivity contribution is 0.0977. The van der Waals surface area contributed by atoms with E-state index in [4.69, 9.17) is 16.6 Å². The zero-order valence-electron chi connectivity index (χ0n) is 15.4.